The molecule has 2 rings (SSSR count). The Morgan fingerprint density at radius 2 is 2.16 bits per heavy atom. The smallest absolute Gasteiger partial charge is 0.346 e. The fourth-order valence-corrected chi connectivity index (χ4v) is 4.15. The third-order valence-corrected chi connectivity index (χ3v) is 5.61. The van der Waals surface area contributed by atoms with Crippen LogP contribution in [-0.4, -0.2) is 28.8 Å². The molecule has 0 bridgehead atoms. The molecule has 0 aromatic heterocycles. The zero-order valence-corrected chi connectivity index (χ0v) is 13.4. The van der Waals surface area contributed by atoms with Crippen LogP contribution in [0.4, 0.5) is 0 Å². The number of alkyl halides is 1. The van der Waals surface area contributed by atoms with Gasteiger partial charge in [-0.3, -0.25) is 0 Å². The Labute approximate surface area is 124 Å². The molecule has 5 heteroatoms. The van der Waals surface area contributed by atoms with Gasteiger partial charge >= 0.3 is 5.97 Å². The lowest BCUT2D eigenvalue weighted by Gasteiger charge is -2.37. The van der Waals surface area contributed by atoms with Crippen LogP contribution in [0.1, 0.15) is 40.0 Å². The number of thioether (sulfide) groups is 1. The van der Waals surface area contributed by atoms with Crippen molar-refractivity contribution in [3.63, 3.8) is 0 Å². The molecule has 0 amide bonds. The average molecular weight is 307 g/mol. The van der Waals surface area contributed by atoms with Crippen molar-refractivity contribution in [3.05, 3.63) is 0 Å². The zero-order valence-electron chi connectivity index (χ0n) is 11.8. The quantitative estimate of drug-likeness (QED) is 0.589. The molecule has 3 unspecified atom stereocenters. The second-order valence-corrected chi connectivity index (χ2v) is 7.59. The maximum Gasteiger partial charge on any atom is 0.346 e. The molecule has 1 heterocycles. The molecule has 1 aliphatic heterocycles. The van der Waals surface area contributed by atoms with Gasteiger partial charge in [-0.15, -0.1) is 11.8 Å². The van der Waals surface area contributed by atoms with E-state index in [0.717, 1.165) is 12.8 Å². The molecule has 0 aromatic rings. The van der Waals surface area contributed by atoms with Crippen LogP contribution in [0.15, 0.2) is 0 Å². The van der Waals surface area contributed by atoms with Crippen LogP contribution in [0.5, 0.6) is 0 Å². The summed E-state index contributed by atoms with van der Waals surface area (Å²) in [6.07, 6.45) is 3.38. The minimum atomic E-state index is -0.535. The Balaban J connectivity index is 1.92. The highest BCUT2D eigenvalue weighted by atomic mass is 35.5. The Morgan fingerprint density at radius 1 is 1.42 bits per heavy atom. The topological polar surface area (TPSA) is 35.5 Å². The fourth-order valence-electron chi connectivity index (χ4n) is 2.95. The summed E-state index contributed by atoms with van der Waals surface area (Å²) >= 11 is 7.27. The molecule has 0 radical (unpaired) electrons. The summed E-state index contributed by atoms with van der Waals surface area (Å²) in [5, 5.41) is 0. The number of carbonyl (C=O) groups excluding carboxylic acids is 1. The number of carbonyl (C=O) groups is 1. The Bertz CT molecular complexity index is 324. The lowest BCUT2D eigenvalue weighted by atomic mass is 9.75. The van der Waals surface area contributed by atoms with E-state index in [4.69, 9.17) is 21.1 Å². The monoisotopic (exact) mass is 306 g/mol. The summed E-state index contributed by atoms with van der Waals surface area (Å²) in [6, 6.07) is 0. The minimum absolute atomic E-state index is 0.0369. The third-order valence-electron chi connectivity index (χ3n) is 4.07. The number of hydrogen-bond acceptors (Lipinski definition) is 4. The third kappa shape index (κ3) is 4.02. The van der Waals surface area contributed by atoms with Gasteiger partial charge in [0.15, 0.2) is 0 Å². The molecule has 1 saturated carbocycles. The zero-order chi connectivity index (χ0) is 14.0. The van der Waals surface area contributed by atoms with E-state index < -0.39 is 5.44 Å². The molecule has 1 saturated heterocycles. The minimum Gasteiger partial charge on any atom is -0.459 e. The van der Waals surface area contributed by atoms with Crippen LogP contribution < -0.4 is 0 Å². The molecule has 0 spiro atoms. The van der Waals surface area contributed by atoms with Crippen molar-refractivity contribution in [3.8, 4) is 0 Å². The fraction of sp³-hybridized carbons (Fsp3) is 0.929. The highest BCUT2D eigenvalue weighted by Gasteiger charge is 2.37. The molecule has 1 aliphatic carbocycles. The Hall–Kier alpha value is 0.0700. The van der Waals surface area contributed by atoms with Gasteiger partial charge in [0.05, 0.1) is 0 Å². The van der Waals surface area contributed by atoms with Gasteiger partial charge in [0.2, 0.25) is 5.44 Å². The van der Waals surface area contributed by atoms with Crippen LogP contribution in [0.3, 0.4) is 0 Å². The van der Waals surface area contributed by atoms with Crippen molar-refractivity contribution in [1.29, 1.82) is 0 Å². The van der Waals surface area contributed by atoms with Gasteiger partial charge in [0.25, 0.3) is 0 Å². The van der Waals surface area contributed by atoms with Crippen molar-refractivity contribution in [2.45, 2.75) is 57.1 Å². The van der Waals surface area contributed by atoms with Crippen molar-refractivity contribution in [2.75, 3.05) is 5.75 Å². The first kappa shape index (κ1) is 15.5. The Kier molecular flexibility index (Phi) is 5.44. The summed E-state index contributed by atoms with van der Waals surface area (Å²) in [6.45, 7) is 6.64. The average Bonchev–Trinajstić information content (AvgIpc) is 2.75. The van der Waals surface area contributed by atoms with Crippen LogP contribution in [0.2, 0.25) is 0 Å². The number of esters is 1. The van der Waals surface area contributed by atoms with E-state index in [1.54, 1.807) is 0 Å². The van der Waals surface area contributed by atoms with Crippen LogP contribution in [-0.2, 0) is 14.3 Å². The number of halogens is 1. The second-order valence-electron chi connectivity index (χ2n) is 6.01. The van der Waals surface area contributed by atoms with E-state index in [1.165, 1.54) is 18.2 Å². The lowest BCUT2D eigenvalue weighted by Crippen LogP contribution is -2.38. The molecule has 5 atom stereocenters. The van der Waals surface area contributed by atoms with E-state index in [2.05, 4.69) is 20.8 Å². The van der Waals surface area contributed by atoms with Crippen molar-refractivity contribution in [2.24, 2.45) is 17.8 Å². The molecule has 2 aliphatic rings. The maximum atomic E-state index is 12.1. The summed E-state index contributed by atoms with van der Waals surface area (Å²) in [5.41, 5.74) is -0.902. The van der Waals surface area contributed by atoms with E-state index in [1.807, 2.05) is 0 Å². The molecule has 110 valence electrons. The molecule has 19 heavy (non-hydrogen) atoms. The van der Waals surface area contributed by atoms with Crippen molar-refractivity contribution in [1.82, 2.24) is 0 Å². The van der Waals surface area contributed by atoms with Gasteiger partial charge < -0.3 is 9.47 Å². The lowest BCUT2D eigenvalue weighted by molar-refractivity contribution is -0.163. The highest BCUT2D eigenvalue weighted by molar-refractivity contribution is 8.00. The summed E-state index contributed by atoms with van der Waals surface area (Å²) in [5.74, 6) is 2.04. The largest absolute Gasteiger partial charge is 0.459 e. The van der Waals surface area contributed by atoms with E-state index in [-0.39, 0.29) is 17.6 Å². The van der Waals surface area contributed by atoms with Crippen LogP contribution in [0, 0.1) is 17.8 Å². The van der Waals surface area contributed by atoms with Gasteiger partial charge in [0, 0.05) is 5.75 Å². The summed E-state index contributed by atoms with van der Waals surface area (Å²) in [4.78, 5) is 12.1. The van der Waals surface area contributed by atoms with Crippen molar-refractivity contribution >= 4 is 29.3 Å². The van der Waals surface area contributed by atoms with Crippen molar-refractivity contribution < 1.29 is 14.3 Å². The van der Waals surface area contributed by atoms with Gasteiger partial charge in [-0.25, -0.2) is 4.79 Å². The number of hydrogen-bond donors (Lipinski definition) is 0. The first-order chi connectivity index (χ1) is 8.97. The van der Waals surface area contributed by atoms with Gasteiger partial charge in [-0.2, -0.15) is 0 Å². The van der Waals surface area contributed by atoms with Gasteiger partial charge in [-0.05, 0) is 30.6 Å². The first-order valence-corrected chi connectivity index (χ1v) is 8.57. The molecular formula is C14H23ClO3S. The van der Waals surface area contributed by atoms with E-state index in [0.29, 0.717) is 23.5 Å². The molecule has 3 nitrogen and oxygen atoms in total. The predicted octanol–water partition coefficient (Wildman–Crippen LogP) is 3.64. The predicted molar refractivity (Wildman–Crippen MR) is 78.2 cm³/mol. The van der Waals surface area contributed by atoms with E-state index in [9.17, 15) is 4.79 Å². The van der Waals surface area contributed by atoms with Gasteiger partial charge in [0.1, 0.15) is 11.7 Å². The SMILES string of the molecule is CC1CCC(C(C)C)C(OC(=O)[C@@H]2O[C@@H](Cl)CS2)C1. The second kappa shape index (κ2) is 6.68. The molecule has 0 aromatic carbocycles. The number of rotatable bonds is 3. The summed E-state index contributed by atoms with van der Waals surface area (Å²) < 4.78 is 11.1. The highest BCUT2D eigenvalue weighted by Crippen LogP contribution is 2.36. The first-order valence-electron chi connectivity index (χ1n) is 7.09. The molecule has 2 fully saturated rings. The standard InChI is InChI=1S/C14H23ClO3S/c1-8(2)10-5-4-9(3)6-11(10)17-13(16)14-18-12(15)7-19-14/h8-12,14H,4-7H2,1-3H3/t9?,10?,11?,12-,14-/m1/s1. The Morgan fingerprint density at radius 3 is 2.74 bits per heavy atom. The molecule has 0 N–H and O–H groups in total. The molecular weight excluding hydrogens is 284 g/mol. The normalized spacial score (nSPS) is 39.5. The summed E-state index contributed by atoms with van der Waals surface area (Å²) in [7, 11) is 0. The maximum absolute atomic E-state index is 12.1. The van der Waals surface area contributed by atoms with Crippen LogP contribution in [0.25, 0.3) is 0 Å². The van der Waals surface area contributed by atoms with E-state index >= 15 is 0 Å². The number of ether oxygens (including phenoxy) is 2. The van der Waals surface area contributed by atoms with Gasteiger partial charge in [-0.1, -0.05) is 38.8 Å². The van der Waals surface area contributed by atoms with Crippen LogP contribution >= 0.6 is 23.4 Å².